The van der Waals surface area contributed by atoms with Gasteiger partial charge >= 0.3 is 0 Å². The Labute approximate surface area is 139 Å². The summed E-state index contributed by atoms with van der Waals surface area (Å²) in [6.45, 7) is 0.440. The standard InChI is InChI=1S/C17H15ClN2OS/c18-16-4-2-1-3-15(16)10-20-17(21)12-22-11-14-7-5-13(9-19)6-8-14/h1-8H,10-12H2,(H,20,21). The zero-order valence-electron chi connectivity index (χ0n) is 11.9. The molecule has 0 aliphatic rings. The van der Waals surface area contributed by atoms with Crippen LogP contribution >= 0.6 is 23.4 Å². The molecule has 2 aromatic carbocycles. The molecule has 2 rings (SSSR count). The van der Waals surface area contributed by atoms with Crippen LogP contribution in [0.2, 0.25) is 5.02 Å². The molecule has 0 atom stereocenters. The van der Waals surface area contributed by atoms with Gasteiger partial charge in [0, 0.05) is 17.3 Å². The first-order valence-electron chi connectivity index (χ1n) is 6.76. The van der Waals surface area contributed by atoms with E-state index in [4.69, 9.17) is 16.9 Å². The van der Waals surface area contributed by atoms with E-state index in [0.717, 1.165) is 16.9 Å². The van der Waals surface area contributed by atoms with Gasteiger partial charge in [0.1, 0.15) is 0 Å². The van der Waals surface area contributed by atoms with Crippen molar-refractivity contribution in [3.8, 4) is 6.07 Å². The summed E-state index contributed by atoms with van der Waals surface area (Å²) >= 11 is 7.58. The van der Waals surface area contributed by atoms with E-state index >= 15 is 0 Å². The molecular weight excluding hydrogens is 316 g/mol. The lowest BCUT2D eigenvalue weighted by atomic mass is 10.2. The zero-order chi connectivity index (χ0) is 15.8. The summed E-state index contributed by atoms with van der Waals surface area (Å²) in [7, 11) is 0. The number of thioether (sulfide) groups is 1. The highest BCUT2D eigenvalue weighted by molar-refractivity contribution is 7.99. The Morgan fingerprint density at radius 1 is 1.18 bits per heavy atom. The fourth-order valence-corrected chi connectivity index (χ4v) is 2.84. The van der Waals surface area contributed by atoms with Crippen molar-refractivity contribution in [3.63, 3.8) is 0 Å². The SMILES string of the molecule is N#Cc1ccc(CSCC(=O)NCc2ccccc2Cl)cc1. The minimum absolute atomic E-state index is 0.0152. The smallest absolute Gasteiger partial charge is 0.230 e. The first-order valence-corrected chi connectivity index (χ1v) is 8.29. The third kappa shape index (κ3) is 5.10. The molecule has 0 bridgehead atoms. The van der Waals surface area contributed by atoms with Gasteiger partial charge in [-0.3, -0.25) is 4.79 Å². The van der Waals surface area contributed by atoms with Gasteiger partial charge in [0.15, 0.2) is 0 Å². The average Bonchev–Trinajstić information content (AvgIpc) is 2.55. The topological polar surface area (TPSA) is 52.9 Å². The van der Waals surface area contributed by atoms with E-state index in [1.807, 2.05) is 36.4 Å². The maximum atomic E-state index is 11.8. The van der Waals surface area contributed by atoms with Crippen molar-refractivity contribution in [1.82, 2.24) is 5.32 Å². The Bertz CT molecular complexity index is 680. The van der Waals surface area contributed by atoms with Crippen LogP contribution in [0.15, 0.2) is 48.5 Å². The molecule has 0 aromatic heterocycles. The van der Waals surface area contributed by atoms with E-state index in [2.05, 4.69) is 11.4 Å². The van der Waals surface area contributed by atoms with Crippen molar-refractivity contribution in [1.29, 1.82) is 5.26 Å². The molecule has 0 saturated carbocycles. The normalized spacial score (nSPS) is 10.0. The van der Waals surface area contributed by atoms with Crippen LogP contribution in [0.5, 0.6) is 0 Å². The minimum Gasteiger partial charge on any atom is -0.351 e. The van der Waals surface area contributed by atoms with Crippen LogP contribution in [-0.2, 0) is 17.1 Å². The molecule has 1 N–H and O–H groups in total. The molecule has 0 unspecified atom stereocenters. The Kier molecular flexibility index (Phi) is 6.32. The Balaban J connectivity index is 1.71. The number of carbonyl (C=O) groups is 1. The van der Waals surface area contributed by atoms with Gasteiger partial charge in [-0.15, -0.1) is 11.8 Å². The summed E-state index contributed by atoms with van der Waals surface area (Å²) in [5.74, 6) is 1.12. The highest BCUT2D eigenvalue weighted by atomic mass is 35.5. The number of nitrogens with zero attached hydrogens (tertiary/aromatic N) is 1. The van der Waals surface area contributed by atoms with Gasteiger partial charge in [0.2, 0.25) is 5.91 Å². The lowest BCUT2D eigenvalue weighted by Gasteiger charge is -2.07. The fraction of sp³-hybridized carbons (Fsp3) is 0.176. The molecule has 0 saturated heterocycles. The maximum Gasteiger partial charge on any atom is 0.230 e. The van der Waals surface area contributed by atoms with Crippen LogP contribution in [0.25, 0.3) is 0 Å². The molecule has 22 heavy (non-hydrogen) atoms. The van der Waals surface area contributed by atoms with Gasteiger partial charge in [-0.05, 0) is 29.3 Å². The predicted octanol–water partition coefficient (Wildman–Crippen LogP) is 3.76. The van der Waals surface area contributed by atoms with Crippen LogP contribution < -0.4 is 5.32 Å². The second-order valence-corrected chi connectivity index (χ2v) is 6.06. The number of nitrogens with one attached hydrogen (secondary N) is 1. The molecule has 0 fully saturated rings. The molecular formula is C17H15ClN2OS. The second-order valence-electron chi connectivity index (χ2n) is 4.67. The van der Waals surface area contributed by atoms with Crippen LogP contribution in [0.4, 0.5) is 0 Å². The molecule has 0 heterocycles. The molecule has 0 spiro atoms. The Morgan fingerprint density at radius 3 is 2.59 bits per heavy atom. The van der Waals surface area contributed by atoms with Gasteiger partial charge < -0.3 is 5.32 Å². The van der Waals surface area contributed by atoms with E-state index in [1.54, 1.807) is 12.1 Å². The highest BCUT2D eigenvalue weighted by Gasteiger charge is 2.04. The fourth-order valence-electron chi connectivity index (χ4n) is 1.82. The number of hydrogen-bond donors (Lipinski definition) is 1. The van der Waals surface area contributed by atoms with Crippen molar-refractivity contribution < 1.29 is 4.79 Å². The van der Waals surface area contributed by atoms with Crippen molar-refractivity contribution >= 4 is 29.3 Å². The molecule has 0 aliphatic heterocycles. The molecule has 2 aromatic rings. The van der Waals surface area contributed by atoms with E-state index in [1.165, 1.54) is 11.8 Å². The van der Waals surface area contributed by atoms with Gasteiger partial charge in [0.25, 0.3) is 0 Å². The van der Waals surface area contributed by atoms with Crippen LogP contribution in [0, 0.1) is 11.3 Å². The van der Waals surface area contributed by atoms with E-state index in [-0.39, 0.29) is 5.91 Å². The summed E-state index contributed by atoms with van der Waals surface area (Å²) < 4.78 is 0. The molecule has 0 radical (unpaired) electrons. The van der Waals surface area contributed by atoms with E-state index in [9.17, 15) is 4.79 Å². The van der Waals surface area contributed by atoms with E-state index < -0.39 is 0 Å². The number of rotatable bonds is 6. The van der Waals surface area contributed by atoms with Crippen molar-refractivity contribution in [2.75, 3.05) is 5.75 Å². The number of benzene rings is 2. The molecule has 0 aliphatic carbocycles. The van der Waals surface area contributed by atoms with Crippen molar-refractivity contribution in [2.45, 2.75) is 12.3 Å². The predicted molar refractivity (Wildman–Crippen MR) is 90.6 cm³/mol. The summed E-state index contributed by atoms with van der Waals surface area (Å²) in [5.41, 5.74) is 2.66. The van der Waals surface area contributed by atoms with Crippen molar-refractivity contribution in [2.24, 2.45) is 0 Å². The number of hydrogen-bond acceptors (Lipinski definition) is 3. The monoisotopic (exact) mass is 330 g/mol. The van der Waals surface area contributed by atoms with Crippen LogP contribution in [-0.4, -0.2) is 11.7 Å². The van der Waals surface area contributed by atoms with Crippen LogP contribution in [0.3, 0.4) is 0 Å². The largest absolute Gasteiger partial charge is 0.351 e. The van der Waals surface area contributed by atoms with Gasteiger partial charge in [-0.2, -0.15) is 5.26 Å². The lowest BCUT2D eigenvalue weighted by molar-refractivity contribution is -0.118. The Hall–Kier alpha value is -1.96. The number of amides is 1. The number of nitriles is 1. The van der Waals surface area contributed by atoms with Gasteiger partial charge in [0.05, 0.1) is 17.4 Å². The average molecular weight is 331 g/mol. The first kappa shape index (κ1) is 16.4. The van der Waals surface area contributed by atoms with Gasteiger partial charge in [-0.25, -0.2) is 0 Å². The van der Waals surface area contributed by atoms with E-state index in [0.29, 0.717) is 22.9 Å². The van der Waals surface area contributed by atoms with Crippen molar-refractivity contribution in [3.05, 3.63) is 70.2 Å². The summed E-state index contributed by atoms with van der Waals surface area (Å²) in [6, 6.07) is 16.9. The molecule has 112 valence electrons. The summed E-state index contributed by atoms with van der Waals surface area (Å²) in [4.78, 5) is 11.8. The minimum atomic E-state index is -0.0152. The summed E-state index contributed by atoms with van der Waals surface area (Å²) in [6.07, 6.45) is 0. The van der Waals surface area contributed by atoms with Gasteiger partial charge in [-0.1, -0.05) is 41.9 Å². The number of carbonyl (C=O) groups excluding carboxylic acids is 1. The summed E-state index contributed by atoms with van der Waals surface area (Å²) in [5, 5.41) is 12.2. The first-order chi connectivity index (χ1) is 10.7. The molecule has 5 heteroatoms. The lowest BCUT2D eigenvalue weighted by Crippen LogP contribution is -2.24. The Morgan fingerprint density at radius 2 is 1.91 bits per heavy atom. The molecule has 1 amide bonds. The highest BCUT2D eigenvalue weighted by Crippen LogP contribution is 2.15. The third-order valence-corrected chi connectivity index (χ3v) is 4.39. The second kappa shape index (κ2) is 8.47. The maximum absolute atomic E-state index is 11.8. The number of halogens is 1. The third-order valence-electron chi connectivity index (χ3n) is 3.02. The van der Waals surface area contributed by atoms with Crippen LogP contribution in [0.1, 0.15) is 16.7 Å². The zero-order valence-corrected chi connectivity index (χ0v) is 13.5. The quantitative estimate of drug-likeness (QED) is 0.877. The molecule has 3 nitrogen and oxygen atoms in total.